The normalized spacial score (nSPS) is 18.6. The van der Waals surface area contributed by atoms with Crippen LogP contribution < -0.4 is 16.0 Å². The maximum absolute atomic E-state index is 13.6. The summed E-state index contributed by atoms with van der Waals surface area (Å²) in [6.07, 6.45) is 2.37. The fourth-order valence-corrected chi connectivity index (χ4v) is 3.62. The lowest BCUT2D eigenvalue weighted by Gasteiger charge is -2.30. The van der Waals surface area contributed by atoms with Crippen molar-refractivity contribution in [2.75, 3.05) is 11.9 Å². The van der Waals surface area contributed by atoms with E-state index in [0.29, 0.717) is 43.9 Å². The van der Waals surface area contributed by atoms with Crippen LogP contribution in [-0.2, 0) is 10.2 Å². The maximum Gasteiger partial charge on any atom is 0.407 e. The quantitative estimate of drug-likeness (QED) is 0.416. The summed E-state index contributed by atoms with van der Waals surface area (Å²) >= 11 is 0. The highest BCUT2D eigenvalue weighted by molar-refractivity contribution is 6.06. The Morgan fingerprint density at radius 3 is 2.31 bits per heavy atom. The van der Waals surface area contributed by atoms with E-state index < -0.39 is 23.6 Å². The molecule has 1 aliphatic carbocycles. The van der Waals surface area contributed by atoms with Gasteiger partial charge in [0, 0.05) is 29.1 Å². The van der Waals surface area contributed by atoms with Gasteiger partial charge >= 0.3 is 6.09 Å². The minimum atomic E-state index is -1.13. The number of hydrogen-bond acceptors (Lipinski definition) is 5. The maximum atomic E-state index is 13.6. The molecule has 2 aromatic rings. The molecule has 0 bridgehead atoms. The van der Waals surface area contributed by atoms with Crippen LogP contribution in [0.2, 0.25) is 0 Å². The van der Waals surface area contributed by atoms with Crippen LogP contribution >= 0.6 is 0 Å². The number of anilines is 1. The first-order chi connectivity index (χ1) is 16.5. The number of amides is 2. The van der Waals surface area contributed by atoms with E-state index in [1.807, 2.05) is 20.8 Å². The number of ether oxygens (including phenoxy) is 1. The third kappa shape index (κ3) is 7.49. The molecule has 0 atom stereocenters. The minimum Gasteiger partial charge on any atom is -0.450 e. The van der Waals surface area contributed by atoms with E-state index in [9.17, 15) is 18.4 Å². The summed E-state index contributed by atoms with van der Waals surface area (Å²) in [6.45, 7) is 7.97. The first-order valence-corrected chi connectivity index (χ1v) is 11.6. The number of carbonyl (C=O) groups excluding carboxylic acids is 2. The summed E-state index contributed by atoms with van der Waals surface area (Å²) < 4.78 is 37.2. The zero-order valence-electron chi connectivity index (χ0n) is 20.3. The predicted octanol–water partition coefficient (Wildman–Crippen LogP) is 4.51. The molecule has 11 heteroatoms. The lowest BCUT2D eigenvalue weighted by molar-refractivity contribution is 0.100. The number of halogens is 2. The van der Waals surface area contributed by atoms with Gasteiger partial charge in [-0.2, -0.15) is 4.99 Å². The highest BCUT2D eigenvalue weighted by Crippen LogP contribution is 2.25. The molecular formula is C24H31F2N5O4. The van der Waals surface area contributed by atoms with Crippen molar-refractivity contribution in [3.63, 3.8) is 0 Å². The van der Waals surface area contributed by atoms with Crippen LogP contribution in [-0.4, -0.2) is 41.8 Å². The van der Waals surface area contributed by atoms with Gasteiger partial charge in [-0.15, -0.1) is 0 Å². The largest absolute Gasteiger partial charge is 0.450 e. The summed E-state index contributed by atoms with van der Waals surface area (Å²) in [5, 5.41) is 13.0. The van der Waals surface area contributed by atoms with Crippen LogP contribution in [0.1, 0.15) is 69.5 Å². The number of nitrogens with zero attached hydrogens (tertiary/aromatic N) is 2. The topological polar surface area (TPSA) is 118 Å². The average Bonchev–Trinajstić information content (AvgIpc) is 3.26. The Hall–Kier alpha value is -3.50. The monoisotopic (exact) mass is 491 g/mol. The van der Waals surface area contributed by atoms with Gasteiger partial charge in [0.15, 0.2) is 17.5 Å². The van der Waals surface area contributed by atoms with Crippen molar-refractivity contribution >= 4 is 23.8 Å². The molecule has 0 aliphatic heterocycles. The molecule has 3 rings (SSSR count). The van der Waals surface area contributed by atoms with Gasteiger partial charge in [0.25, 0.3) is 5.91 Å². The Morgan fingerprint density at radius 2 is 1.74 bits per heavy atom. The van der Waals surface area contributed by atoms with Crippen molar-refractivity contribution in [3.05, 3.63) is 47.2 Å². The second-order valence-electron chi connectivity index (χ2n) is 9.40. The average molecular weight is 492 g/mol. The van der Waals surface area contributed by atoms with Gasteiger partial charge in [-0.05, 0) is 50.8 Å². The molecule has 3 N–H and O–H groups in total. The van der Waals surface area contributed by atoms with E-state index >= 15 is 0 Å². The number of carbonyl (C=O) groups is 2. The first-order valence-electron chi connectivity index (χ1n) is 11.6. The van der Waals surface area contributed by atoms with Crippen LogP contribution in [0.5, 0.6) is 0 Å². The molecule has 35 heavy (non-hydrogen) atoms. The second-order valence-corrected chi connectivity index (χ2v) is 9.40. The lowest BCUT2D eigenvalue weighted by atomic mass is 9.91. The van der Waals surface area contributed by atoms with Gasteiger partial charge in [-0.3, -0.25) is 4.79 Å². The number of nitrogens with one attached hydrogen (secondary N) is 3. The Labute approximate surface area is 202 Å². The van der Waals surface area contributed by atoms with Crippen LogP contribution in [0, 0.1) is 11.6 Å². The minimum absolute atomic E-state index is 0.00541. The van der Waals surface area contributed by atoms with E-state index in [0.717, 1.165) is 12.1 Å². The molecule has 0 saturated heterocycles. The van der Waals surface area contributed by atoms with Gasteiger partial charge in [-0.25, -0.2) is 13.6 Å². The van der Waals surface area contributed by atoms with Crippen molar-refractivity contribution in [2.24, 2.45) is 4.99 Å². The molecule has 9 nitrogen and oxygen atoms in total. The third-order valence-electron chi connectivity index (χ3n) is 5.54. The molecule has 1 fully saturated rings. The van der Waals surface area contributed by atoms with Gasteiger partial charge in [0.05, 0.1) is 6.61 Å². The van der Waals surface area contributed by atoms with Crippen LogP contribution in [0.4, 0.5) is 19.4 Å². The molecule has 2 amide bonds. The van der Waals surface area contributed by atoms with Crippen LogP contribution in [0.25, 0.3) is 0 Å². The zero-order chi connectivity index (χ0) is 25.6. The third-order valence-corrected chi connectivity index (χ3v) is 5.54. The summed E-state index contributed by atoms with van der Waals surface area (Å²) in [7, 11) is 0. The van der Waals surface area contributed by atoms with Crippen molar-refractivity contribution in [1.29, 1.82) is 0 Å². The summed E-state index contributed by atoms with van der Waals surface area (Å²) in [4.78, 5) is 28.4. The SMILES string of the molecule is CCOC(=O)N[C@H]1CC[C@H](N/C(=N\C(=O)c2ccc(F)c(F)c2)Nc2cc(C(C)(C)C)on2)CC1. The number of aliphatic imine (C=N–C) groups is 1. The van der Waals surface area contributed by atoms with Crippen molar-refractivity contribution < 1.29 is 27.6 Å². The molecule has 1 aromatic heterocycles. The summed E-state index contributed by atoms with van der Waals surface area (Å²) in [5.74, 6) is -1.85. The zero-order valence-corrected chi connectivity index (χ0v) is 20.3. The van der Waals surface area contributed by atoms with Gasteiger partial charge in [-0.1, -0.05) is 25.9 Å². The molecule has 190 valence electrons. The van der Waals surface area contributed by atoms with Crippen LogP contribution in [0.3, 0.4) is 0 Å². The summed E-state index contributed by atoms with van der Waals surface area (Å²) in [5.41, 5.74) is -0.369. The number of guanidine groups is 1. The van der Waals surface area contributed by atoms with Crippen molar-refractivity contribution in [1.82, 2.24) is 15.8 Å². The van der Waals surface area contributed by atoms with Crippen LogP contribution in [0.15, 0.2) is 33.8 Å². The highest BCUT2D eigenvalue weighted by Gasteiger charge is 2.25. The fraction of sp³-hybridized carbons (Fsp3) is 0.500. The van der Waals surface area contributed by atoms with Gasteiger partial charge in [0.2, 0.25) is 5.96 Å². The highest BCUT2D eigenvalue weighted by atomic mass is 19.2. The fourth-order valence-electron chi connectivity index (χ4n) is 3.62. The lowest BCUT2D eigenvalue weighted by Crippen LogP contribution is -2.45. The van der Waals surface area contributed by atoms with E-state index in [2.05, 4.69) is 26.1 Å². The Kier molecular flexibility index (Phi) is 8.42. The molecule has 0 unspecified atom stereocenters. The van der Waals surface area contributed by atoms with Crippen molar-refractivity contribution in [3.8, 4) is 0 Å². The van der Waals surface area contributed by atoms with Gasteiger partial charge < -0.3 is 25.2 Å². The van der Waals surface area contributed by atoms with E-state index in [1.165, 1.54) is 6.07 Å². The standard InChI is InChI=1S/C24H31F2N5O4/c1-5-34-23(33)28-16-9-7-15(8-10-16)27-22(29-20-13-19(35-31-20)24(2,3)4)30-21(32)14-6-11-17(25)18(26)12-14/h6,11-13,15-16H,5,7-10H2,1-4H3,(H,28,33)(H2,27,29,30,31,32)/t15-,16-. The number of benzene rings is 1. The smallest absolute Gasteiger partial charge is 0.407 e. The first kappa shape index (κ1) is 26.1. The molecule has 1 saturated carbocycles. The molecular weight excluding hydrogens is 460 g/mol. The van der Waals surface area contributed by atoms with Gasteiger partial charge in [0.1, 0.15) is 5.76 Å². The van der Waals surface area contributed by atoms with E-state index in [4.69, 9.17) is 9.26 Å². The Bertz CT molecular complexity index is 1070. The van der Waals surface area contributed by atoms with E-state index in [1.54, 1.807) is 13.0 Å². The Balaban J connectivity index is 1.73. The number of aromatic nitrogens is 1. The Morgan fingerprint density at radius 1 is 1.09 bits per heavy atom. The number of rotatable bonds is 5. The number of alkyl carbamates (subject to hydrolysis) is 1. The summed E-state index contributed by atoms with van der Waals surface area (Å²) in [6, 6.07) is 4.51. The van der Waals surface area contributed by atoms with Crippen molar-refractivity contribution in [2.45, 2.75) is 70.9 Å². The number of hydrogen-bond donors (Lipinski definition) is 3. The van der Waals surface area contributed by atoms with E-state index in [-0.39, 0.29) is 29.0 Å². The second kappa shape index (κ2) is 11.3. The molecule has 0 radical (unpaired) electrons. The molecule has 1 aromatic carbocycles. The predicted molar refractivity (Wildman–Crippen MR) is 126 cm³/mol. The molecule has 1 heterocycles. The molecule has 1 aliphatic rings. The molecule has 0 spiro atoms.